The molecule has 2 fully saturated rings. The third-order valence-electron chi connectivity index (χ3n) is 4.66. The first-order valence-corrected chi connectivity index (χ1v) is 6.74. The Kier molecular flexibility index (Phi) is 3.61. The summed E-state index contributed by atoms with van der Waals surface area (Å²) in [7, 11) is 0. The van der Waals surface area contributed by atoms with Crippen molar-refractivity contribution < 1.29 is 9.90 Å². The molecule has 0 bridgehead atoms. The Hall–Kier alpha value is -0.770. The summed E-state index contributed by atoms with van der Waals surface area (Å²) >= 11 is 0. The van der Waals surface area contributed by atoms with Gasteiger partial charge in [0, 0.05) is 18.6 Å². The van der Waals surface area contributed by atoms with E-state index >= 15 is 0 Å². The fraction of sp³-hybridized carbons (Fsp3) is 0.923. The van der Waals surface area contributed by atoms with Crippen molar-refractivity contribution in [3.63, 3.8) is 0 Å². The van der Waals surface area contributed by atoms with Gasteiger partial charge in [0.25, 0.3) is 0 Å². The van der Waals surface area contributed by atoms with Gasteiger partial charge in [-0.3, -0.25) is 4.90 Å². The molecule has 0 atom stereocenters. The van der Waals surface area contributed by atoms with E-state index in [9.17, 15) is 4.79 Å². The lowest BCUT2D eigenvalue weighted by atomic mass is 9.85. The Bertz CT molecular complexity index is 277. The van der Waals surface area contributed by atoms with Gasteiger partial charge >= 0.3 is 6.09 Å². The van der Waals surface area contributed by atoms with Crippen molar-refractivity contribution in [2.75, 3.05) is 26.2 Å². The quantitative estimate of drug-likeness (QED) is 0.764. The van der Waals surface area contributed by atoms with E-state index in [1.807, 2.05) is 0 Å². The van der Waals surface area contributed by atoms with Crippen LogP contribution in [0, 0.1) is 5.92 Å². The Morgan fingerprint density at radius 1 is 1.18 bits per heavy atom. The lowest BCUT2D eigenvalue weighted by Crippen LogP contribution is -2.56. The Balaban J connectivity index is 1.90. The number of nitrogens with zero attached hydrogens (tertiary/aromatic N) is 2. The smallest absolute Gasteiger partial charge is 0.407 e. The highest BCUT2D eigenvalue weighted by molar-refractivity contribution is 5.65. The second-order valence-electron chi connectivity index (χ2n) is 5.94. The third-order valence-corrected chi connectivity index (χ3v) is 4.66. The van der Waals surface area contributed by atoms with Crippen LogP contribution < -0.4 is 0 Å². The maximum absolute atomic E-state index is 10.9. The predicted molar refractivity (Wildman–Crippen MR) is 67.2 cm³/mol. The molecule has 1 N–H and O–H groups in total. The molecule has 0 spiro atoms. The maximum Gasteiger partial charge on any atom is 0.407 e. The van der Waals surface area contributed by atoms with Crippen LogP contribution in [0.1, 0.15) is 39.5 Å². The van der Waals surface area contributed by atoms with Gasteiger partial charge in [-0.1, -0.05) is 6.92 Å². The molecule has 2 saturated heterocycles. The van der Waals surface area contributed by atoms with Gasteiger partial charge in [0.2, 0.25) is 0 Å². The Labute approximate surface area is 104 Å². The zero-order valence-corrected chi connectivity index (χ0v) is 11.0. The van der Waals surface area contributed by atoms with Gasteiger partial charge < -0.3 is 10.0 Å². The molecular formula is C13H24N2O2. The van der Waals surface area contributed by atoms with Gasteiger partial charge in [0.1, 0.15) is 0 Å². The zero-order valence-electron chi connectivity index (χ0n) is 11.0. The van der Waals surface area contributed by atoms with E-state index in [-0.39, 0.29) is 5.54 Å². The first kappa shape index (κ1) is 12.7. The van der Waals surface area contributed by atoms with Crippen LogP contribution in [-0.2, 0) is 0 Å². The normalized spacial score (nSPS) is 27.1. The van der Waals surface area contributed by atoms with Crippen molar-refractivity contribution in [3.05, 3.63) is 0 Å². The highest BCUT2D eigenvalue weighted by Crippen LogP contribution is 2.32. The molecule has 2 aliphatic heterocycles. The fourth-order valence-corrected chi connectivity index (χ4v) is 3.04. The summed E-state index contributed by atoms with van der Waals surface area (Å²) in [5, 5.41) is 8.97. The predicted octanol–water partition coefficient (Wildman–Crippen LogP) is 2.25. The molecular weight excluding hydrogens is 216 g/mol. The van der Waals surface area contributed by atoms with E-state index in [4.69, 9.17) is 5.11 Å². The molecule has 0 aliphatic carbocycles. The summed E-state index contributed by atoms with van der Waals surface area (Å²) in [5.74, 6) is 0.856. The van der Waals surface area contributed by atoms with E-state index in [0.717, 1.165) is 18.8 Å². The molecule has 1 amide bonds. The maximum atomic E-state index is 10.9. The molecule has 2 aliphatic rings. The van der Waals surface area contributed by atoms with Crippen molar-refractivity contribution in [2.45, 2.75) is 45.1 Å². The summed E-state index contributed by atoms with van der Waals surface area (Å²) in [4.78, 5) is 15.0. The minimum absolute atomic E-state index is 0.228. The monoisotopic (exact) mass is 240 g/mol. The van der Waals surface area contributed by atoms with Crippen LogP contribution in [0.2, 0.25) is 0 Å². The van der Waals surface area contributed by atoms with Crippen molar-refractivity contribution >= 4 is 6.09 Å². The lowest BCUT2D eigenvalue weighted by molar-refractivity contribution is 0.0152. The summed E-state index contributed by atoms with van der Waals surface area (Å²) in [6.45, 7) is 8.39. The molecule has 0 radical (unpaired) electrons. The number of amides is 1. The first-order valence-electron chi connectivity index (χ1n) is 6.74. The van der Waals surface area contributed by atoms with Crippen LogP contribution in [0.3, 0.4) is 0 Å². The van der Waals surface area contributed by atoms with Gasteiger partial charge in [-0.2, -0.15) is 0 Å². The second kappa shape index (κ2) is 4.84. The van der Waals surface area contributed by atoms with Crippen molar-refractivity contribution in [2.24, 2.45) is 5.92 Å². The van der Waals surface area contributed by atoms with Crippen LogP contribution in [-0.4, -0.2) is 52.7 Å². The number of hydrogen-bond acceptors (Lipinski definition) is 2. The number of hydrogen-bond donors (Lipinski definition) is 1. The lowest BCUT2D eigenvalue weighted by Gasteiger charge is -2.48. The highest BCUT2D eigenvalue weighted by Gasteiger charge is 2.37. The second-order valence-corrected chi connectivity index (χ2v) is 5.94. The number of carboxylic acid groups (broad SMARTS) is 1. The molecule has 98 valence electrons. The van der Waals surface area contributed by atoms with E-state index in [0.29, 0.717) is 13.1 Å². The minimum atomic E-state index is -0.765. The van der Waals surface area contributed by atoms with Crippen molar-refractivity contribution in [3.8, 4) is 0 Å². The van der Waals surface area contributed by atoms with Crippen LogP contribution in [0.25, 0.3) is 0 Å². The van der Waals surface area contributed by atoms with Crippen molar-refractivity contribution in [1.29, 1.82) is 0 Å². The van der Waals surface area contributed by atoms with Gasteiger partial charge in [0.05, 0.1) is 0 Å². The number of likely N-dealkylation sites (tertiary alicyclic amines) is 2. The topological polar surface area (TPSA) is 43.8 Å². The summed E-state index contributed by atoms with van der Waals surface area (Å²) < 4.78 is 0. The summed E-state index contributed by atoms with van der Waals surface area (Å²) in [6, 6.07) is 0. The molecule has 17 heavy (non-hydrogen) atoms. The van der Waals surface area contributed by atoms with Crippen molar-refractivity contribution in [1.82, 2.24) is 9.80 Å². The van der Waals surface area contributed by atoms with Gasteiger partial charge in [-0.25, -0.2) is 4.79 Å². The van der Waals surface area contributed by atoms with E-state index < -0.39 is 6.09 Å². The average Bonchev–Trinajstić information content (AvgIpc) is 2.30. The molecule has 0 aromatic heterocycles. The van der Waals surface area contributed by atoms with Crippen LogP contribution >= 0.6 is 0 Å². The molecule has 0 unspecified atom stereocenters. The van der Waals surface area contributed by atoms with Crippen LogP contribution in [0.15, 0.2) is 0 Å². The largest absolute Gasteiger partial charge is 0.465 e. The number of piperidine rings is 2. The standard InChI is InChI=1S/C13H24N2O2/c1-11-3-7-15(8-4-11)13(2)5-9-14(10-6-13)12(16)17/h11H,3-10H2,1-2H3,(H,16,17). The highest BCUT2D eigenvalue weighted by atomic mass is 16.4. The minimum Gasteiger partial charge on any atom is -0.465 e. The van der Waals surface area contributed by atoms with Crippen LogP contribution in [0.4, 0.5) is 4.79 Å². The first-order chi connectivity index (χ1) is 8.01. The number of carbonyl (C=O) groups is 1. The molecule has 2 rings (SSSR count). The van der Waals surface area contributed by atoms with E-state index in [2.05, 4.69) is 18.7 Å². The molecule has 4 heteroatoms. The van der Waals surface area contributed by atoms with Gasteiger partial charge in [-0.05, 0) is 51.6 Å². The molecule has 2 heterocycles. The average molecular weight is 240 g/mol. The Morgan fingerprint density at radius 2 is 1.71 bits per heavy atom. The number of rotatable bonds is 1. The fourth-order valence-electron chi connectivity index (χ4n) is 3.04. The summed E-state index contributed by atoms with van der Waals surface area (Å²) in [6.07, 6.45) is 3.77. The SMILES string of the molecule is CC1CCN(C2(C)CCN(C(=O)O)CC2)CC1. The molecule has 0 aromatic carbocycles. The Morgan fingerprint density at radius 3 is 2.18 bits per heavy atom. The molecule has 0 aromatic rings. The summed E-state index contributed by atoms with van der Waals surface area (Å²) in [5.41, 5.74) is 0.228. The molecule has 4 nitrogen and oxygen atoms in total. The van der Waals surface area contributed by atoms with Gasteiger partial charge in [-0.15, -0.1) is 0 Å². The zero-order chi connectivity index (χ0) is 12.5. The van der Waals surface area contributed by atoms with Crippen LogP contribution in [0.5, 0.6) is 0 Å². The third kappa shape index (κ3) is 2.73. The van der Waals surface area contributed by atoms with Gasteiger partial charge in [0.15, 0.2) is 0 Å². The van der Waals surface area contributed by atoms with E-state index in [1.54, 1.807) is 4.90 Å². The molecule has 0 saturated carbocycles. The van der Waals surface area contributed by atoms with E-state index in [1.165, 1.54) is 25.9 Å².